The van der Waals surface area contributed by atoms with Gasteiger partial charge < -0.3 is 15.6 Å². The first-order valence-electron chi connectivity index (χ1n) is 13.0. The quantitative estimate of drug-likeness (QED) is 0.220. The van der Waals surface area contributed by atoms with Crippen LogP contribution >= 0.6 is 11.3 Å². The van der Waals surface area contributed by atoms with Gasteiger partial charge in [0.1, 0.15) is 11.3 Å². The number of H-pyrrole nitrogens is 2. The number of thiophene rings is 1. The predicted octanol–water partition coefficient (Wildman–Crippen LogP) is 5.62. The van der Waals surface area contributed by atoms with Crippen LogP contribution in [0.3, 0.4) is 0 Å². The molecule has 6 aromatic rings. The van der Waals surface area contributed by atoms with E-state index in [-0.39, 0.29) is 5.91 Å². The van der Waals surface area contributed by atoms with Crippen molar-refractivity contribution in [3.8, 4) is 33.6 Å². The molecule has 1 aliphatic rings. The first-order chi connectivity index (χ1) is 19.2. The van der Waals surface area contributed by atoms with Crippen LogP contribution in [0, 0.1) is 5.92 Å². The molecule has 1 fully saturated rings. The van der Waals surface area contributed by atoms with Gasteiger partial charge in [0.15, 0.2) is 5.65 Å². The topological polar surface area (TPSA) is 124 Å². The zero-order chi connectivity index (χ0) is 26.2. The van der Waals surface area contributed by atoms with Gasteiger partial charge in [0.25, 0.3) is 0 Å². The van der Waals surface area contributed by atoms with Gasteiger partial charge in [0, 0.05) is 46.9 Å². The lowest BCUT2D eigenvalue weighted by Crippen LogP contribution is -2.30. The molecule has 0 radical (unpaired) electrons. The molecule has 0 spiro atoms. The van der Waals surface area contributed by atoms with E-state index < -0.39 is 0 Å². The lowest BCUT2D eigenvalue weighted by atomic mass is 9.94. The minimum Gasteiger partial charge on any atom is -0.338 e. The molecule has 4 N–H and O–H groups in total. The van der Waals surface area contributed by atoms with E-state index in [1.165, 1.54) is 5.56 Å². The molecular weight excluding hydrogens is 508 g/mol. The van der Waals surface area contributed by atoms with E-state index in [1.807, 2.05) is 18.3 Å². The van der Waals surface area contributed by atoms with Crippen LogP contribution in [-0.4, -0.2) is 49.1 Å². The zero-order valence-corrected chi connectivity index (χ0v) is 21.9. The van der Waals surface area contributed by atoms with Gasteiger partial charge in [-0.2, -0.15) is 16.4 Å². The zero-order valence-electron chi connectivity index (χ0n) is 21.1. The summed E-state index contributed by atoms with van der Waals surface area (Å²) in [6, 6.07) is 10.2. The normalized spacial score (nSPS) is 14.3. The summed E-state index contributed by atoms with van der Waals surface area (Å²) in [6.07, 6.45) is 9.68. The van der Waals surface area contributed by atoms with Crippen LogP contribution in [-0.2, 0) is 4.79 Å². The first-order valence-corrected chi connectivity index (χ1v) is 14.0. The largest absolute Gasteiger partial charge is 0.338 e. The molecule has 1 saturated heterocycles. The van der Waals surface area contributed by atoms with Gasteiger partial charge in [-0.3, -0.25) is 14.9 Å². The molecule has 0 aliphatic carbocycles. The number of nitrogens with zero attached hydrogens (tertiary/aromatic N) is 4. The second-order valence-electron chi connectivity index (χ2n) is 9.92. The standard InChI is InChI=1S/C29H26N8OS/c38-26(9-17-1-5-30-6-2-17)34-21-10-19(13-31-15-21)20-11-24-27(36-37-29(24)33-14-20)25-12-23-22(18-4-8-39-16-18)3-7-32-28(23)35-25/h3-4,7-8,10-17,30H,1-2,5-6,9H2,(H,32,35)(H,34,38)(H,33,36,37). The number of hydrogen-bond acceptors (Lipinski definition) is 7. The van der Waals surface area contributed by atoms with E-state index in [9.17, 15) is 4.79 Å². The Balaban J connectivity index is 1.19. The van der Waals surface area contributed by atoms with Crippen molar-refractivity contribution in [2.24, 2.45) is 5.92 Å². The maximum absolute atomic E-state index is 12.7. The van der Waals surface area contributed by atoms with Crippen molar-refractivity contribution >= 4 is 45.0 Å². The van der Waals surface area contributed by atoms with E-state index in [0.29, 0.717) is 23.7 Å². The molecule has 194 valence electrons. The highest BCUT2D eigenvalue weighted by Crippen LogP contribution is 2.34. The molecule has 39 heavy (non-hydrogen) atoms. The van der Waals surface area contributed by atoms with Gasteiger partial charge in [0.2, 0.25) is 5.91 Å². The molecule has 6 aromatic heterocycles. The predicted molar refractivity (Wildman–Crippen MR) is 154 cm³/mol. The number of rotatable bonds is 6. The average Bonchev–Trinajstić information content (AvgIpc) is 3.73. The Hall–Kier alpha value is -4.41. The van der Waals surface area contributed by atoms with Crippen molar-refractivity contribution in [2.75, 3.05) is 18.4 Å². The van der Waals surface area contributed by atoms with Crippen LogP contribution < -0.4 is 10.6 Å². The Morgan fingerprint density at radius 1 is 0.974 bits per heavy atom. The second-order valence-corrected chi connectivity index (χ2v) is 10.7. The summed E-state index contributed by atoms with van der Waals surface area (Å²) < 4.78 is 0. The van der Waals surface area contributed by atoms with Crippen LogP contribution in [0.5, 0.6) is 0 Å². The Kier molecular flexibility index (Phi) is 6.10. The Morgan fingerprint density at radius 2 is 1.87 bits per heavy atom. The van der Waals surface area contributed by atoms with Gasteiger partial charge in [-0.25, -0.2) is 9.97 Å². The smallest absolute Gasteiger partial charge is 0.224 e. The summed E-state index contributed by atoms with van der Waals surface area (Å²) >= 11 is 1.67. The molecule has 0 atom stereocenters. The minimum atomic E-state index is 0.0285. The maximum atomic E-state index is 12.7. The number of aromatic amines is 2. The Morgan fingerprint density at radius 3 is 2.74 bits per heavy atom. The lowest BCUT2D eigenvalue weighted by molar-refractivity contribution is -0.117. The summed E-state index contributed by atoms with van der Waals surface area (Å²) in [5, 5.41) is 20.1. The summed E-state index contributed by atoms with van der Waals surface area (Å²) in [5.41, 5.74) is 7.88. The minimum absolute atomic E-state index is 0.0285. The van der Waals surface area contributed by atoms with Crippen LogP contribution in [0.2, 0.25) is 0 Å². The number of hydrogen-bond donors (Lipinski definition) is 4. The SMILES string of the molecule is O=C(CC1CCNCC1)Nc1cncc(-c2cnc3[nH]nc(-c4cc5c(-c6ccsc6)ccnc5[nH]4)c3c2)c1. The van der Waals surface area contributed by atoms with Gasteiger partial charge in [-0.05, 0) is 84.1 Å². The fourth-order valence-electron chi connectivity index (χ4n) is 5.32. The summed E-state index contributed by atoms with van der Waals surface area (Å²) in [5.74, 6) is 0.454. The fraction of sp³-hybridized carbons (Fsp3) is 0.207. The number of piperidine rings is 1. The number of pyridine rings is 3. The van der Waals surface area contributed by atoms with E-state index >= 15 is 0 Å². The van der Waals surface area contributed by atoms with Gasteiger partial charge in [-0.15, -0.1) is 0 Å². The molecule has 1 amide bonds. The van der Waals surface area contributed by atoms with Crippen molar-refractivity contribution in [3.05, 3.63) is 65.9 Å². The van der Waals surface area contributed by atoms with Crippen LogP contribution in [0.1, 0.15) is 19.3 Å². The number of fused-ring (bicyclic) bond motifs is 2. The summed E-state index contributed by atoms with van der Waals surface area (Å²) in [6.45, 7) is 1.95. The number of amides is 1. The third-order valence-electron chi connectivity index (χ3n) is 7.32. The number of aromatic nitrogens is 6. The molecule has 0 saturated carbocycles. The van der Waals surface area contributed by atoms with Gasteiger partial charge in [0.05, 0.1) is 17.6 Å². The number of carbonyl (C=O) groups is 1. The van der Waals surface area contributed by atoms with E-state index in [0.717, 1.165) is 70.4 Å². The number of carbonyl (C=O) groups excluding carboxylic acids is 1. The molecule has 7 heterocycles. The molecule has 0 bridgehead atoms. The average molecular weight is 535 g/mol. The molecule has 0 aromatic carbocycles. The van der Waals surface area contributed by atoms with E-state index in [2.05, 4.69) is 69.7 Å². The molecular formula is C29H26N8OS. The van der Waals surface area contributed by atoms with Crippen LogP contribution in [0.25, 0.3) is 55.7 Å². The summed E-state index contributed by atoms with van der Waals surface area (Å²) in [4.78, 5) is 29.6. The number of anilines is 1. The van der Waals surface area contributed by atoms with Gasteiger partial charge in [-0.1, -0.05) is 0 Å². The van der Waals surface area contributed by atoms with Crippen molar-refractivity contribution in [1.82, 2.24) is 35.5 Å². The molecule has 1 aliphatic heterocycles. The fourth-order valence-corrected chi connectivity index (χ4v) is 5.97. The Bertz CT molecular complexity index is 1780. The molecule has 7 rings (SSSR count). The van der Waals surface area contributed by atoms with Crippen molar-refractivity contribution in [1.29, 1.82) is 0 Å². The Labute approximate surface area is 228 Å². The van der Waals surface area contributed by atoms with Crippen molar-refractivity contribution < 1.29 is 4.79 Å². The highest BCUT2D eigenvalue weighted by Gasteiger charge is 2.18. The van der Waals surface area contributed by atoms with Crippen molar-refractivity contribution in [3.63, 3.8) is 0 Å². The lowest BCUT2D eigenvalue weighted by Gasteiger charge is -2.21. The van der Waals surface area contributed by atoms with Gasteiger partial charge >= 0.3 is 0 Å². The first kappa shape index (κ1) is 23.7. The second kappa shape index (κ2) is 10.0. The third-order valence-corrected chi connectivity index (χ3v) is 8.01. The van der Waals surface area contributed by atoms with E-state index in [1.54, 1.807) is 29.9 Å². The number of nitrogens with one attached hydrogen (secondary N) is 4. The highest BCUT2D eigenvalue weighted by molar-refractivity contribution is 7.08. The highest BCUT2D eigenvalue weighted by atomic mass is 32.1. The molecule has 0 unspecified atom stereocenters. The maximum Gasteiger partial charge on any atom is 0.224 e. The van der Waals surface area contributed by atoms with Crippen LogP contribution in [0.15, 0.2) is 65.9 Å². The van der Waals surface area contributed by atoms with Crippen molar-refractivity contribution in [2.45, 2.75) is 19.3 Å². The molecule has 10 heteroatoms. The molecule has 9 nitrogen and oxygen atoms in total. The third kappa shape index (κ3) is 4.68. The van der Waals surface area contributed by atoms with E-state index in [4.69, 9.17) is 0 Å². The summed E-state index contributed by atoms with van der Waals surface area (Å²) in [7, 11) is 0. The monoisotopic (exact) mass is 534 g/mol. The van der Waals surface area contributed by atoms with Crippen LogP contribution in [0.4, 0.5) is 5.69 Å².